The summed E-state index contributed by atoms with van der Waals surface area (Å²) in [6.45, 7) is 1.61. The molecule has 0 atom stereocenters. The van der Waals surface area contributed by atoms with Crippen LogP contribution in [0.5, 0.6) is 0 Å². The Kier molecular flexibility index (Phi) is 3.53. The van der Waals surface area contributed by atoms with Gasteiger partial charge in [0, 0.05) is 5.39 Å². The van der Waals surface area contributed by atoms with E-state index in [9.17, 15) is 13.2 Å². The first kappa shape index (κ1) is 15.0. The van der Waals surface area contributed by atoms with Gasteiger partial charge in [-0.1, -0.05) is 18.2 Å². The Morgan fingerprint density at radius 1 is 1.26 bits per heavy atom. The van der Waals surface area contributed by atoms with E-state index in [4.69, 9.17) is 5.11 Å². The third-order valence-corrected chi connectivity index (χ3v) is 4.95. The van der Waals surface area contributed by atoms with Crippen molar-refractivity contribution in [3.8, 4) is 0 Å². The molecule has 3 aromatic rings. The maximum Gasteiger partial charge on any atom is 0.335 e. The molecule has 1 heterocycles. The van der Waals surface area contributed by atoms with Gasteiger partial charge in [-0.15, -0.1) is 0 Å². The molecule has 0 unspecified atom stereocenters. The molecular weight excluding hydrogens is 318 g/mol. The first-order chi connectivity index (χ1) is 10.9. The normalized spacial score (nSPS) is 11.5. The molecule has 0 saturated heterocycles. The minimum atomic E-state index is -3.93. The number of rotatable bonds is 4. The fraction of sp³-hybridized carbons (Fsp3) is 0.0667. The van der Waals surface area contributed by atoms with Crippen LogP contribution in [-0.2, 0) is 10.0 Å². The first-order valence-electron chi connectivity index (χ1n) is 6.67. The summed E-state index contributed by atoms with van der Waals surface area (Å²) in [6.07, 6.45) is 1.59. The van der Waals surface area contributed by atoms with Crippen LogP contribution in [0, 0.1) is 6.92 Å². The third-order valence-electron chi connectivity index (χ3n) is 3.45. The van der Waals surface area contributed by atoms with E-state index in [1.807, 2.05) is 0 Å². The minimum Gasteiger partial charge on any atom is -0.478 e. The van der Waals surface area contributed by atoms with E-state index in [0.29, 0.717) is 16.8 Å². The van der Waals surface area contributed by atoms with Crippen molar-refractivity contribution in [2.45, 2.75) is 11.8 Å². The second kappa shape index (κ2) is 5.40. The lowest BCUT2D eigenvalue weighted by molar-refractivity contribution is 0.0696. The van der Waals surface area contributed by atoms with E-state index in [-0.39, 0.29) is 10.5 Å². The summed E-state index contributed by atoms with van der Waals surface area (Å²) in [4.78, 5) is 11.0. The Labute approximate surface area is 132 Å². The third kappa shape index (κ3) is 2.76. The standard InChI is InChI=1S/C15H13N3O4S/c1-9-5-6-10(15(19)20)7-13(9)23(21,22)18-12-4-2-3-11-8-16-17-14(11)12/h2-8,18H,1H3,(H,16,17)(H,19,20). The molecule has 0 bridgehead atoms. The number of anilines is 1. The van der Waals surface area contributed by atoms with Crippen LogP contribution >= 0.6 is 0 Å². The van der Waals surface area contributed by atoms with Crippen LogP contribution < -0.4 is 4.72 Å². The topological polar surface area (TPSA) is 112 Å². The Bertz CT molecular complexity index is 1010. The van der Waals surface area contributed by atoms with Crippen LogP contribution in [0.25, 0.3) is 10.9 Å². The lowest BCUT2D eigenvalue weighted by atomic mass is 10.1. The van der Waals surface area contributed by atoms with Crippen molar-refractivity contribution in [1.29, 1.82) is 0 Å². The van der Waals surface area contributed by atoms with Gasteiger partial charge in [-0.25, -0.2) is 13.2 Å². The predicted octanol–water partition coefficient (Wildman–Crippen LogP) is 2.37. The highest BCUT2D eigenvalue weighted by molar-refractivity contribution is 7.92. The fourth-order valence-electron chi connectivity index (χ4n) is 2.28. The summed E-state index contributed by atoms with van der Waals surface area (Å²) in [5.41, 5.74) is 1.28. The number of carbonyl (C=O) groups is 1. The number of para-hydroxylation sites is 1. The minimum absolute atomic E-state index is 0.0751. The molecular formula is C15H13N3O4S. The summed E-state index contributed by atoms with van der Waals surface area (Å²) in [7, 11) is -3.93. The van der Waals surface area contributed by atoms with Crippen molar-refractivity contribution in [2.24, 2.45) is 0 Å². The number of sulfonamides is 1. The monoisotopic (exact) mass is 331 g/mol. The van der Waals surface area contributed by atoms with Gasteiger partial charge in [0.1, 0.15) is 0 Å². The van der Waals surface area contributed by atoms with Crippen molar-refractivity contribution in [3.63, 3.8) is 0 Å². The molecule has 3 N–H and O–H groups in total. The number of carboxylic acids is 1. The number of carboxylic acid groups (broad SMARTS) is 1. The zero-order valence-electron chi connectivity index (χ0n) is 12.1. The summed E-state index contributed by atoms with van der Waals surface area (Å²) in [5.74, 6) is -1.18. The molecule has 0 radical (unpaired) electrons. The molecule has 3 rings (SSSR count). The fourth-order valence-corrected chi connectivity index (χ4v) is 3.62. The van der Waals surface area contributed by atoms with Gasteiger partial charge in [0.2, 0.25) is 0 Å². The molecule has 118 valence electrons. The number of aryl methyl sites for hydroxylation is 1. The number of hydrogen-bond donors (Lipinski definition) is 3. The highest BCUT2D eigenvalue weighted by Crippen LogP contribution is 2.25. The van der Waals surface area contributed by atoms with Gasteiger partial charge in [-0.05, 0) is 30.7 Å². The summed E-state index contributed by atoms with van der Waals surface area (Å²) in [6, 6.07) is 9.09. The largest absolute Gasteiger partial charge is 0.478 e. The van der Waals surface area contributed by atoms with Gasteiger partial charge in [0.05, 0.1) is 27.9 Å². The summed E-state index contributed by atoms with van der Waals surface area (Å²) < 4.78 is 27.7. The SMILES string of the molecule is Cc1ccc(C(=O)O)cc1S(=O)(=O)Nc1cccc2cn[nH]c12. The second-order valence-corrected chi connectivity index (χ2v) is 6.68. The molecule has 0 aliphatic rings. The number of H-pyrrole nitrogens is 1. The quantitative estimate of drug-likeness (QED) is 0.679. The molecule has 8 heteroatoms. The molecule has 1 aromatic heterocycles. The maximum absolute atomic E-state index is 12.6. The zero-order chi connectivity index (χ0) is 16.6. The number of aromatic amines is 1. The van der Waals surface area contributed by atoms with Crippen molar-refractivity contribution in [1.82, 2.24) is 10.2 Å². The molecule has 7 nitrogen and oxygen atoms in total. The maximum atomic E-state index is 12.6. The lowest BCUT2D eigenvalue weighted by Gasteiger charge is -2.11. The predicted molar refractivity (Wildman–Crippen MR) is 85.0 cm³/mol. The Hall–Kier alpha value is -2.87. The molecule has 0 fully saturated rings. The van der Waals surface area contributed by atoms with E-state index in [1.165, 1.54) is 12.1 Å². The van der Waals surface area contributed by atoms with Gasteiger partial charge in [-0.2, -0.15) is 5.10 Å². The Morgan fingerprint density at radius 3 is 2.78 bits per heavy atom. The molecule has 0 saturated carbocycles. The Balaban J connectivity index is 2.07. The van der Waals surface area contributed by atoms with Crippen LogP contribution in [0.3, 0.4) is 0 Å². The molecule has 0 spiro atoms. The molecule has 0 amide bonds. The number of benzene rings is 2. The van der Waals surface area contributed by atoms with Crippen molar-refractivity contribution in [3.05, 3.63) is 53.7 Å². The highest BCUT2D eigenvalue weighted by Gasteiger charge is 2.20. The smallest absolute Gasteiger partial charge is 0.335 e. The second-order valence-electron chi connectivity index (χ2n) is 5.03. The number of hydrogen-bond acceptors (Lipinski definition) is 4. The number of aromatic carboxylic acids is 1. The molecule has 0 aliphatic heterocycles. The van der Waals surface area contributed by atoms with Gasteiger partial charge in [0.25, 0.3) is 10.0 Å². The number of aromatic nitrogens is 2. The van der Waals surface area contributed by atoms with Gasteiger partial charge in [0.15, 0.2) is 0 Å². The average Bonchev–Trinajstić information content (AvgIpc) is 2.96. The van der Waals surface area contributed by atoms with Crippen molar-refractivity contribution >= 4 is 32.6 Å². The summed E-state index contributed by atoms with van der Waals surface area (Å²) in [5, 5.41) is 16.4. The van der Waals surface area contributed by atoms with E-state index >= 15 is 0 Å². The van der Waals surface area contributed by atoms with Crippen LogP contribution in [0.1, 0.15) is 15.9 Å². The number of fused-ring (bicyclic) bond motifs is 1. The van der Waals surface area contributed by atoms with Crippen LogP contribution in [0.2, 0.25) is 0 Å². The molecule has 0 aliphatic carbocycles. The first-order valence-corrected chi connectivity index (χ1v) is 8.16. The Morgan fingerprint density at radius 2 is 2.04 bits per heavy atom. The van der Waals surface area contributed by atoms with E-state index < -0.39 is 16.0 Å². The molecule has 2 aromatic carbocycles. The van der Waals surface area contributed by atoms with E-state index in [0.717, 1.165) is 11.5 Å². The van der Waals surface area contributed by atoms with Crippen molar-refractivity contribution < 1.29 is 18.3 Å². The van der Waals surface area contributed by atoms with Crippen LogP contribution in [0.15, 0.2) is 47.5 Å². The lowest BCUT2D eigenvalue weighted by Crippen LogP contribution is -2.15. The van der Waals surface area contributed by atoms with E-state index in [2.05, 4.69) is 14.9 Å². The highest BCUT2D eigenvalue weighted by atomic mass is 32.2. The average molecular weight is 331 g/mol. The van der Waals surface area contributed by atoms with Crippen LogP contribution in [0.4, 0.5) is 5.69 Å². The van der Waals surface area contributed by atoms with Crippen molar-refractivity contribution in [2.75, 3.05) is 4.72 Å². The number of nitrogens with zero attached hydrogens (tertiary/aromatic N) is 1. The van der Waals surface area contributed by atoms with Gasteiger partial charge in [-0.3, -0.25) is 9.82 Å². The molecule has 23 heavy (non-hydrogen) atoms. The number of nitrogens with one attached hydrogen (secondary N) is 2. The van der Waals surface area contributed by atoms with Gasteiger partial charge >= 0.3 is 5.97 Å². The van der Waals surface area contributed by atoms with E-state index in [1.54, 1.807) is 31.3 Å². The van der Waals surface area contributed by atoms with Crippen LogP contribution in [-0.4, -0.2) is 29.7 Å². The summed E-state index contributed by atoms with van der Waals surface area (Å²) >= 11 is 0. The zero-order valence-corrected chi connectivity index (χ0v) is 12.9. The van der Waals surface area contributed by atoms with Gasteiger partial charge < -0.3 is 5.11 Å².